The highest BCUT2D eigenvalue weighted by Gasteiger charge is 2.49. The van der Waals surface area contributed by atoms with Crippen LogP contribution in [-0.2, 0) is 0 Å². The molecule has 0 amide bonds. The SMILES string of the molecule is CC(C)CCCCC1(C)C=C2C(=[N+]([O-])c3cc4c(cc32)OC(C)(C)C=C4)C(C)(C)C1. The molecule has 3 aliphatic rings. The second-order valence-electron chi connectivity index (χ2n) is 11.5. The number of fused-ring (bicyclic) bond motifs is 4. The van der Waals surface area contributed by atoms with E-state index in [2.05, 4.69) is 72.8 Å². The molecule has 4 rings (SSSR count). The van der Waals surface area contributed by atoms with Crippen molar-refractivity contribution in [3.8, 4) is 5.75 Å². The van der Waals surface area contributed by atoms with Gasteiger partial charge < -0.3 is 9.94 Å². The Morgan fingerprint density at radius 3 is 2.53 bits per heavy atom. The molecule has 162 valence electrons. The van der Waals surface area contributed by atoms with Gasteiger partial charge in [-0.15, -0.1) is 0 Å². The van der Waals surface area contributed by atoms with Crippen LogP contribution in [0.4, 0.5) is 5.69 Å². The number of rotatable bonds is 5. The van der Waals surface area contributed by atoms with Crippen LogP contribution in [0, 0.1) is 22.0 Å². The lowest BCUT2D eigenvalue weighted by molar-refractivity contribution is -0.361. The molecule has 0 aromatic heterocycles. The second kappa shape index (κ2) is 7.00. The summed E-state index contributed by atoms with van der Waals surface area (Å²) in [5.41, 5.74) is 4.46. The fourth-order valence-corrected chi connectivity index (χ4v) is 5.67. The van der Waals surface area contributed by atoms with Crippen molar-refractivity contribution in [3.63, 3.8) is 0 Å². The summed E-state index contributed by atoms with van der Waals surface area (Å²) in [5, 5.41) is 13.4. The van der Waals surface area contributed by atoms with Crippen molar-refractivity contribution in [1.82, 2.24) is 0 Å². The van der Waals surface area contributed by atoms with Crippen molar-refractivity contribution in [2.75, 3.05) is 0 Å². The third-order valence-electron chi connectivity index (χ3n) is 6.89. The standard InChI is InChI=1S/C27H37NO2/c1-18(2)10-8-9-12-27(7)16-21-20-15-23-19(11-13-26(5,6)30-23)14-22(20)28(29)24(21)25(3,4)17-27/h11,13-16,18H,8-10,12,17H2,1-7H3. The molecule has 0 bridgehead atoms. The van der Waals surface area contributed by atoms with Crippen molar-refractivity contribution in [1.29, 1.82) is 0 Å². The monoisotopic (exact) mass is 407 g/mol. The zero-order valence-electron chi connectivity index (χ0n) is 19.8. The van der Waals surface area contributed by atoms with E-state index in [1.54, 1.807) is 0 Å². The number of hydrogen-bond acceptors (Lipinski definition) is 2. The zero-order valence-corrected chi connectivity index (χ0v) is 19.8. The van der Waals surface area contributed by atoms with E-state index in [9.17, 15) is 5.21 Å². The van der Waals surface area contributed by atoms with Gasteiger partial charge in [0.1, 0.15) is 11.4 Å². The molecular formula is C27H37NO2. The van der Waals surface area contributed by atoms with Crippen LogP contribution in [0.2, 0.25) is 0 Å². The minimum Gasteiger partial charge on any atom is -0.618 e. The van der Waals surface area contributed by atoms with E-state index in [1.807, 2.05) is 6.07 Å². The van der Waals surface area contributed by atoms with Crippen LogP contribution in [0.1, 0.15) is 91.7 Å². The van der Waals surface area contributed by atoms with Gasteiger partial charge in [-0.2, -0.15) is 4.74 Å². The largest absolute Gasteiger partial charge is 0.618 e. The number of ether oxygens (including phenoxy) is 1. The Bertz CT molecular complexity index is 961. The number of benzene rings is 1. The van der Waals surface area contributed by atoms with Crippen molar-refractivity contribution < 1.29 is 9.48 Å². The topological polar surface area (TPSA) is 35.3 Å². The van der Waals surface area contributed by atoms with E-state index in [4.69, 9.17) is 4.74 Å². The van der Waals surface area contributed by atoms with E-state index >= 15 is 0 Å². The van der Waals surface area contributed by atoms with Gasteiger partial charge >= 0.3 is 0 Å². The third kappa shape index (κ3) is 3.72. The first-order valence-corrected chi connectivity index (χ1v) is 11.6. The molecule has 0 fully saturated rings. The van der Waals surface area contributed by atoms with Crippen LogP contribution in [0.25, 0.3) is 11.6 Å². The predicted molar refractivity (Wildman–Crippen MR) is 126 cm³/mol. The van der Waals surface area contributed by atoms with Crippen LogP contribution in [0.3, 0.4) is 0 Å². The van der Waals surface area contributed by atoms with Crippen molar-refractivity contribution >= 4 is 23.0 Å². The first kappa shape index (κ1) is 21.2. The first-order chi connectivity index (χ1) is 13.9. The summed E-state index contributed by atoms with van der Waals surface area (Å²) in [4.78, 5) is 0. The molecule has 0 saturated carbocycles. The smallest absolute Gasteiger partial charge is 0.225 e. The maximum atomic E-state index is 13.4. The van der Waals surface area contributed by atoms with Gasteiger partial charge in [0.2, 0.25) is 11.4 Å². The molecule has 30 heavy (non-hydrogen) atoms. The summed E-state index contributed by atoms with van der Waals surface area (Å²) in [6.07, 6.45) is 12.5. The second-order valence-corrected chi connectivity index (χ2v) is 11.5. The maximum absolute atomic E-state index is 13.4. The number of nitrogens with zero attached hydrogens (tertiary/aromatic N) is 1. The minimum atomic E-state index is -0.325. The van der Waals surface area contributed by atoms with Crippen molar-refractivity contribution in [3.05, 3.63) is 40.6 Å². The fraction of sp³-hybridized carbons (Fsp3) is 0.593. The lowest BCUT2D eigenvalue weighted by Gasteiger charge is -2.39. The Labute approximate surface area is 182 Å². The molecule has 0 radical (unpaired) electrons. The molecule has 1 atom stereocenters. The molecule has 3 heteroatoms. The molecule has 0 N–H and O–H groups in total. The van der Waals surface area contributed by atoms with Gasteiger partial charge in [0, 0.05) is 11.6 Å². The Hall–Kier alpha value is -2.03. The van der Waals surface area contributed by atoms with Gasteiger partial charge in [-0.3, -0.25) is 0 Å². The van der Waals surface area contributed by atoms with E-state index in [0.717, 1.165) is 46.2 Å². The molecule has 0 spiro atoms. The van der Waals surface area contributed by atoms with Gasteiger partial charge in [-0.05, 0) is 64.0 Å². The molecule has 1 aromatic rings. The molecule has 1 aliphatic carbocycles. The van der Waals surface area contributed by atoms with E-state index < -0.39 is 0 Å². The number of unbranched alkanes of at least 4 members (excludes halogenated alkanes) is 1. The normalized spacial score (nSPS) is 25.5. The molecule has 1 unspecified atom stereocenters. The van der Waals surface area contributed by atoms with Crippen molar-refractivity contribution in [2.45, 2.75) is 86.2 Å². The van der Waals surface area contributed by atoms with Gasteiger partial charge in [0.05, 0.1) is 16.6 Å². The van der Waals surface area contributed by atoms with Crippen LogP contribution in [0.5, 0.6) is 5.75 Å². The van der Waals surface area contributed by atoms with Crippen LogP contribution >= 0.6 is 0 Å². The van der Waals surface area contributed by atoms with E-state index in [1.165, 1.54) is 30.4 Å². The van der Waals surface area contributed by atoms with E-state index in [-0.39, 0.29) is 16.4 Å². The molecule has 3 nitrogen and oxygen atoms in total. The summed E-state index contributed by atoms with van der Waals surface area (Å²) in [5.74, 6) is 1.64. The Morgan fingerprint density at radius 2 is 1.83 bits per heavy atom. The molecular weight excluding hydrogens is 370 g/mol. The highest BCUT2D eigenvalue weighted by atomic mass is 16.5. The minimum absolute atomic E-state index is 0.109. The molecule has 1 aromatic carbocycles. The van der Waals surface area contributed by atoms with Gasteiger partial charge in [-0.1, -0.05) is 52.2 Å². The number of allylic oxidation sites excluding steroid dienone is 2. The van der Waals surface area contributed by atoms with E-state index in [0.29, 0.717) is 0 Å². The predicted octanol–water partition coefficient (Wildman–Crippen LogP) is 7.50. The lowest BCUT2D eigenvalue weighted by Crippen LogP contribution is -2.38. The average Bonchev–Trinajstić information content (AvgIpc) is 2.87. The number of hydrogen-bond donors (Lipinski definition) is 0. The van der Waals surface area contributed by atoms with Crippen LogP contribution in [0.15, 0.2) is 24.3 Å². The first-order valence-electron chi connectivity index (χ1n) is 11.6. The third-order valence-corrected chi connectivity index (χ3v) is 6.89. The molecule has 2 heterocycles. The maximum Gasteiger partial charge on any atom is 0.225 e. The highest BCUT2D eigenvalue weighted by Crippen LogP contribution is 2.53. The molecule has 2 aliphatic heterocycles. The van der Waals surface area contributed by atoms with Gasteiger partial charge in [0.15, 0.2) is 0 Å². The van der Waals surface area contributed by atoms with Gasteiger partial charge in [0.25, 0.3) is 0 Å². The Kier molecular flexibility index (Phi) is 4.95. The van der Waals surface area contributed by atoms with Gasteiger partial charge in [-0.25, -0.2) is 0 Å². The lowest BCUT2D eigenvalue weighted by atomic mass is 9.62. The zero-order chi connectivity index (χ0) is 21.9. The van der Waals surface area contributed by atoms with Crippen LogP contribution in [-0.4, -0.2) is 16.1 Å². The Balaban J connectivity index is 1.73. The highest BCUT2D eigenvalue weighted by molar-refractivity contribution is 6.28. The van der Waals surface area contributed by atoms with Crippen molar-refractivity contribution in [2.24, 2.45) is 16.7 Å². The summed E-state index contributed by atoms with van der Waals surface area (Å²) in [6, 6.07) is 4.10. The Morgan fingerprint density at radius 1 is 1.10 bits per heavy atom. The summed E-state index contributed by atoms with van der Waals surface area (Å²) in [6.45, 7) is 15.6. The summed E-state index contributed by atoms with van der Waals surface area (Å²) < 4.78 is 7.41. The molecule has 0 saturated heterocycles. The summed E-state index contributed by atoms with van der Waals surface area (Å²) in [7, 11) is 0. The van der Waals surface area contributed by atoms with Crippen LogP contribution < -0.4 is 4.74 Å². The fourth-order valence-electron chi connectivity index (χ4n) is 5.67. The summed E-state index contributed by atoms with van der Waals surface area (Å²) >= 11 is 0. The average molecular weight is 408 g/mol. The quantitative estimate of drug-likeness (QED) is 0.288.